The second-order valence-corrected chi connectivity index (χ2v) is 10.3. The molecule has 0 aliphatic carbocycles. The monoisotopic (exact) mass is 1180 g/mol. The van der Waals surface area contributed by atoms with Crippen LogP contribution in [-0.4, -0.2) is 167 Å². The Morgan fingerprint density at radius 2 is 0.400 bits per heavy atom. The first kappa shape index (κ1) is 31.7. The molecular weight excluding hydrogens is 1160 g/mol. The first-order valence-electron chi connectivity index (χ1n) is 3.22. The van der Waals surface area contributed by atoms with Crippen LogP contribution in [-0.2, 0) is 13.4 Å². The van der Waals surface area contributed by atoms with Crippen molar-refractivity contribution in [2.45, 2.75) is 0 Å². The molecule has 0 aliphatic rings. The summed E-state index contributed by atoms with van der Waals surface area (Å²) in [5, 5.41) is 0. The molecule has 0 amide bonds. The quantitative estimate of drug-likeness (QED) is 0.280. The van der Waals surface area contributed by atoms with Crippen LogP contribution in [0.4, 0.5) is 0 Å². The Balaban J connectivity index is -0.0000000278. The predicted molar refractivity (Wildman–Crippen MR) is 63.8 cm³/mol. The van der Waals surface area contributed by atoms with Crippen molar-refractivity contribution >= 4 is 131 Å². The van der Waals surface area contributed by atoms with Gasteiger partial charge in [-0.25, -0.2) is 0 Å². The summed E-state index contributed by atoms with van der Waals surface area (Å²) in [5.74, 6) is 0. The Kier molecular flexibility index (Phi) is 133. The molecule has 0 rings (SSSR count). The fourth-order valence-electron chi connectivity index (χ4n) is 0. The fourth-order valence-corrected chi connectivity index (χ4v) is 0. The molecule has 15 heavy (non-hydrogen) atoms. The molecule has 0 aromatic carbocycles. The van der Waals surface area contributed by atoms with Crippen LogP contribution in [0.1, 0.15) is 0 Å². The Labute approximate surface area is 176 Å². The van der Waals surface area contributed by atoms with Crippen LogP contribution in [0, 0.1) is 0 Å². The van der Waals surface area contributed by atoms with Crippen LogP contribution in [0.25, 0.3) is 0 Å². The standard InChI is InChI=1S/5CH3O.5Tl/c5*1-2;;;;;/h5*1H3;;;;;/q5*-1;5*+1. The Bertz CT molecular complexity index is 35.4. The first-order chi connectivity index (χ1) is 7.07. The minimum absolute atomic E-state index is 0.718. The summed E-state index contributed by atoms with van der Waals surface area (Å²) < 4.78 is 22.1. The van der Waals surface area contributed by atoms with Gasteiger partial charge in [-0.3, -0.25) is 0 Å². The van der Waals surface area contributed by atoms with Crippen molar-refractivity contribution in [3.63, 3.8) is 0 Å². The molecule has 0 saturated carbocycles. The van der Waals surface area contributed by atoms with E-state index in [0.717, 1.165) is 131 Å². The second kappa shape index (κ2) is 63.0. The Hall–Kier alpha value is 4.41. The maximum atomic E-state index is 4.42. The summed E-state index contributed by atoms with van der Waals surface area (Å²) in [5.41, 5.74) is 0. The Morgan fingerprint density at radius 3 is 0.400 bits per heavy atom. The van der Waals surface area contributed by atoms with Gasteiger partial charge in [0.1, 0.15) is 0 Å². The van der Waals surface area contributed by atoms with E-state index in [9.17, 15) is 0 Å². The van der Waals surface area contributed by atoms with Gasteiger partial charge >= 0.3 is 180 Å². The van der Waals surface area contributed by atoms with E-state index in [4.69, 9.17) is 0 Å². The Morgan fingerprint density at radius 1 is 0.400 bits per heavy atom. The summed E-state index contributed by atoms with van der Waals surface area (Å²) in [6.07, 6.45) is 0. The molecule has 0 fully saturated rings. The van der Waals surface area contributed by atoms with E-state index >= 15 is 0 Å². The zero-order valence-corrected chi connectivity index (χ0v) is 32.4. The van der Waals surface area contributed by atoms with E-state index in [1.165, 1.54) is 0 Å². The molecule has 80 valence electrons. The third-order valence-corrected chi connectivity index (χ3v) is 0. The van der Waals surface area contributed by atoms with E-state index in [0.29, 0.717) is 0 Å². The topological polar surface area (TPSA) is 46.2 Å². The molecular formula is C5H15O5Tl5. The zero-order valence-electron chi connectivity index (χ0n) is 9.93. The molecule has 0 heterocycles. The molecule has 0 atom stereocenters. The average Bonchev–Trinajstić information content (AvgIpc) is 2.09. The van der Waals surface area contributed by atoms with Crippen LogP contribution >= 0.6 is 0 Å². The number of hydrogen-bond acceptors (Lipinski definition) is 5. The van der Waals surface area contributed by atoms with Crippen LogP contribution < -0.4 is 0 Å². The molecule has 10 heteroatoms. The van der Waals surface area contributed by atoms with Gasteiger partial charge in [0.05, 0.1) is 0 Å². The van der Waals surface area contributed by atoms with Gasteiger partial charge in [-0.05, 0) is 0 Å². The van der Waals surface area contributed by atoms with Crippen molar-refractivity contribution in [2.75, 3.05) is 35.5 Å². The van der Waals surface area contributed by atoms with Gasteiger partial charge in [0.2, 0.25) is 0 Å². The van der Waals surface area contributed by atoms with E-state index in [-0.39, 0.29) is 0 Å². The first-order valence-corrected chi connectivity index (χ1v) is 12.4. The molecule has 0 aromatic rings. The number of rotatable bonds is 0. The van der Waals surface area contributed by atoms with Gasteiger partial charge < -0.3 is 0 Å². The molecule has 0 aliphatic heterocycles. The van der Waals surface area contributed by atoms with Gasteiger partial charge in [-0.1, -0.05) is 0 Å². The van der Waals surface area contributed by atoms with Crippen LogP contribution in [0.2, 0.25) is 0 Å². The molecule has 0 spiro atoms. The van der Waals surface area contributed by atoms with Crippen LogP contribution in [0.3, 0.4) is 0 Å². The molecule has 0 saturated heterocycles. The fraction of sp³-hybridized carbons (Fsp3) is 1.00. The van der Waals surface area contributed by atoms with Crippen LogP contribution in [0.15, 0.2) is 0 Å². The van der Waals surface area contributed by atoms with Gasteiger partial charge in [-0.2, -0.15) is 0 Å². The molecule has 0 bridgehead atoms. The molecule has 5 nitrogen and oxygen atoms in total. The SMILES string of the molecule is C[O][Tl].C[O][Tl].C[O][Tl].C[O][Tl].C[O][Tl]. The van der Waals surface area contributed by atoms with Gasteiger partial charge in [0.15, 0.2) is 0 Å². The molecule has 0 radical (unpaired) electrons. The second-order valence-electron chi connectivity index (χ2n) is 1.18. The summed E-state index contributed by atoms with van der Waals surface area (Å²) in [6, 6.07) is 0. The van der Waals surface area contributed by atoms with Crippen molar-refractivity contribution in [1.29, 1.82) is 0 Å². The van der Waals surface area contributed by atoms with E-state index in [2.05, 4.69) is 13.4 Å². The maximum absolute atomic E-state index is 4.42. The third-order valence-electron chi connectivity index (χ3n) is 0. The summed E-state index contributed by atoms with van der Waals surface area (Å²) >= 11 is 3.59. The van der Waals surface area contributed by atoms with Gasteiger partial charge in [0.25, 0.3) is 0 Å². The van der Waals surface area contributed by atoms with E-state index < -0.39 is 0 Å². The summed E-state index contributed by atoms with van der Waals surface area (Å²) in [4.78, 5) is 0. The van der Waals surface area contributed by atoms with Crippen molar-refractivity contribution in [3.8, 4) is 0 Å². The predicted octanol–water partition coefficient (Wildman–Crippen LogP) is -1.42. The van der Waals surface area contributed by atoms with E-state index in [1.54, 1.807) is 35.5 Å². The van der Waals surface area contributed by atoms with Crippen molar-refractivity contribution in [2.24, 2.45) is 0 Å². The average molecular weight is 1180 g/mol. The van der Waals surface area contributed by atoms with Gasteiger partial charge in [-0.15, -0.1) is 0 Å². The molecule has 0 aromatic heterocycles. The van der Waals surface area contributed by atoms with Crippen molar-refractivity contribution in [1.82, 2.24) is 0 Å². The molecule has 0 unspecified atom stereocenters. The van der Waals surface area contributed by atoms with Crippen molar-refractivity contribution in [3.05, 3.63) is 0 Å². The normalized spacial score (nSPS) is 5.33. The molecule has 0 N–H and O–H groups in total. The zero-order chi connectivity index (χ0) is 13.5. The van der Waals surface area contributed by atoms with E-state index in [1.807, 2.05) is 0 Å². The van der Waals surface area contributed by atoms with Gasteiger partial charge in [0, 0.05) is 0 Å². The number of hydrogen-bond donors (Lipinski definition) is 0. The van der Waals surface area contributed by atoms with Crippen molar-refractivity contribution < 1.29 is 13.4 Å². The summed E-state index contributed by atoms with van der Waals surface area (Å²) in [7, 11) is 8.50. The minimum atomic E-state index is 0.718. The summed E-state index contributed by atoms with van der Waals surface area (Å²) in [6.45, 7) is 0. The third kappa shape index (κ3) is 255. The van der Waals surface area contributed by atoms with Crippen LogP contribution in [0.5, 0.6) is 0 Å².